The van der Waals surface area contributed by atoms with E-state index < -0.39 is 11.8 Å². The fraction of sp³-hybridized carbons (Fsp3) is 0.167. The van der Waals surface area contributed by atoms with Crippen molar-refractivity contribution in [2.24, 2.45) is 0 Å². The number of hydrogen-bond acceptors (Lipinski definition) is 4. The third-order valence-electron chi connectivity index (χ3n) is 3.70. The maximum absolute atomic E-state index is 12.6. The molecule has 5 nitrogen and oxygen atoms in total. The van der Waals surface area contributed by atoms with E-state index in [1.807, 2.05) is 6.92 Å². The van der Waals surface area contributed by atoms with Crippen LogP contribution in [0.25, 0.3) is 0 Å². The summed E-state index contributed by atoms with van der Waals surface area (Å²) in [5, 5.41) is 0. The molecule has 0 bridgehead atoms. The Morgan fingerprint density at radius 2 is 1.65 bits per heavy atom. The first-order valence-electron chi connectivity index (χ1n) is 7.30. The van der Waals surface area contributed by atoms with E-state index in [0.717, 1.165) is 4.90 Å². The molecule has 0 radical (unpaired) electrons. The third kappa shape index (κ3) is 2.40. The van der Waals surface area contributed by atoms with Crippen LogP contribution in [-0.4, -0.2) is 24.2 Å². The van der Waals surface area contributed by atoms with E-state index in [9.17, 15) is 14.4 Å². The van der Waals surface area contributed by atoms with Crippen molar-refractivity contribution >= 4 is 23.3 Å². The Labute approximate surface area is 133 Å². The van der Waals surface area contributed by atoms with Crippen molar-refractivity contribution in [1.82, 2.24) is 0 Å². The fourth-order valence-electron chi connectivity index (χ4n) is 2.60. The van der Waals surface area contributed by atoms with Crippen molar-refractivity contribution in [2.75, 3.05) is 11.5 Å². The van der Waals surface area contributed by atoms with Gasteiger partial charge in [-0.3, -0.25) is 14.4 Å². The van der Waals surface area contributed by atoms with Crippen molar-refractivity contribution in [3.63, 3.8) is 0 Å². The highest BCUT2D eigenvalue weighted by Gasteiger charge is 2.37. The summed E-state index contributed by atoms with van der Waals surface area (Å²) in [6.07, 6.45) is 0. The average Bonchev–Trinajstić information content (AvgIpc) is 2.80. The van der Waals surface area contributed by atoms with Crippen LogP contribution in [0.5, 0.6) is 5.75 Å². The molecule has 1 aliphatic heterocycles. The van der Waals surface area contributed by atoms with Crippen LogP contribution in [0.4, 0.5) is 5.69 Å². The minimum Gasteiger partial charge on any atom is -0.492 e. The van der Waals surface area contributed by atoms with Crippen molar-refractivity contribution in [3.8, 4) is 5.75 Å². The minimum atomic E-state index is -0.410. The first-order valence-corrected chi connectivity index (χ1v) is 7.30. The molecule has 23 heavy (non-hydrogen) atoms. The van der Waals surface area contributed by atoms with E-state index >= 15 is 0 Å². The zero-order valence-electron chi connectivity index (χ0n) is 12.8. The van der Waals surface area contributed by atoms with Gasteiger partial charge in [0.05, 0.1) is 23.4 Å². The van der Waals surface area contributed by atoms with Gasteiger partial charge < -0.3 is 4.74 Å². The minimum absolute atomic E-state index is 0.147. The number of nitrogens with zero attached hydrogens (tertiary/aromatic N) is 1. The van der Waals surface area contributed by atoms with Gasteiger partial charge in [-0.25, -0.2) is 4.90 Å². The van der Waals surface area contributed by atoms with E-state index in [0.29, 0.717) is 34.7 Å². The molecule has 2 aromatic rings. The first-order chi connectivity index (χ1) is 11.0. The van der Waals surface area contributed by atoms with Crippen LogP contribution in [0.3, 0.4) is 0 Å². The highest BCUT2D eigenvalue weighted by Crippen LogP contribution is 2.35. The fourth-order valence-corrected chi connectivity index (χ4v) is 2.60. The van der Waals surface area contributed by atoms with Gasteiger partial charge in [0.25, 0.3) is 11.8 Å². The van der Waals surface area contributed by atoms with Crippen LogP contribution in [0.2, 0.25) is 0 Å². The van der Waals surface area contributed by atoms with Crippen molar-refractivity contribution in [2.45, 2.75) is 13.8 Å². The second-order valence-corrected chi connectivity index (χ2v) is 5.16. The number of benzene rings is 2. The number of ether oxygens (including phenoxy) is 1. The number of amides is 2. The number of carbonyl (C=O) groups is 3. The van der Waals surface area contributed by atoms with Crippen molar-refractivity contribution in [1.29, 1.82) is 0 Å². The second-order valence-electron chi connectivity index (χ2n) is 5.16. The van der Waals surface area contributed by atoms with E-state index in [1.54, 1.807) is 36.4 Å². The molecule has 0 atom stereocenters. The summed E-state index contributed by atoms with van der Waals surface area (Å²) in [5.74, 6) is -0.572. The van der Waals surface area contributed by atoms with E-state index in [2.05, 4.69) is 0 Å². The summed E-state index contributed by atoms with van der Waals surface area (Å²) in [4.78, 5) is 37.9. The summed E-state index contributed by atoms with van der Waals surface area (Å²) in [6, 6.07) is 11.4. The van der Waals surface area contributed by atoms with Crippen LogP contribution in [-0.2, 0) is 0 Å². The largest absolute Gasteiger partial charge is 0.492 e. The molecule has 0 spiro atoms. The number of Topliss-reactive ketones (excluding diaryl/α,β-unsaturated/α-hetero) is 1. The Bertz CT molecular complexity index is 791. The van der Waals surface area contributed by atoms with Gasteiger partial charge in [0, 0.05) is 5.56 Å². The molecule has 116 valence electrons. The molecule has 0 saturated heterocycles. The summed E-state index contributed by atoms with van der Waals surface area (Å²) in [6.45, 7) is 3.63. The predicted octanol–water partition coefficient (Wildman–Crippen LogP) is 3.09. The highest BCUT2D eigenvalue weighted by molar-refractivity contribution is 6.35. The van der Waals surface area contributed by atoms with E-state index in [1.165, 1.54) is 13.0 Å². The molecule has 0 N–H and O–H groups in total. The molecule has 2 amide bonds. The standard InChI is InChI=1S/C18H15NO4/c1-3-23-16-9-8-12(11(2)20)10-15(16)19-17(21)13-6-4-5-7-14(13)18(19)22/h4-10H,3H2,1-2H3. The van der Waals surface area contributed by atoms with Gasteiger partial charge >= 0.3 is 0 Å². The zero-order chi connectivity index (χ0) is 16.6. The lowest BCUT2D eigenvalue weighted by atomic mass is 10.1. The quantitative estimate of drug-likeness (QED) is 0.643. The van der Waals surface area contributed by atoms with Crippen molar-refractivity contribution < 1.29 is 19.1 Å². The number of anilines is 1. The van der Waals surface area contributed by atoms with Gasteiger partial charge in [-0.05, 0) is 44.2 Å². The molecule has 3 rings (SSSR count). The normalized spacial score (nSPS) is 13.2. The molecule has 0 aromatic heterocycles. The summed E-state index contributed by atoms with van der Waals surface area (Å²) < 4.78 is 5.52. The smallest absolute Gasteiger partial charge is 0.266 e. The molecule has 0 aliphatic carbocycles. The van der Waals surface area contributed by atoms with Gasteiger partial charge in [0.1, 0.15) is 5.75 Å². The van der Waals surface area contributed by atoms with Crippen molar-refractivity contribution in [3.05, 3.63) is 59.2 Å². The van der Waals surface area contributed by atoms with Crippen LogP contribution in [0, 0.1) is 0 Å². The third-order valence-corrected chi connectivity index (χ3v) is 3.70. The Balaban J connectivity index is 2.15. The molecule has 0 unspecified atom stereocenters. The van der Waals surface area contributed by atoms with Crippen LogP contribution >= 0.6 is 0 Å². The summed E-state index contributed by atoms with van der Waals surface area (Å²) in [7, 11) is 0. The van der Waals surface area contributed by atoms with Crippen LogP contribution in [0.15, 0.2) is 42.5 Å². The molecule has 1 aliphatic rings. The number of hydrogen-bond donors (Lipinski definition) is 0. The molecule has 2 aromatic carbocycles. The molecule has 0 saturated carbocycles. The SMILES string of the molecule is CCOc1ccc(C(C)=O)cc1N1C(=O)c2ccccc2C1=O. The lowest BCUT2D eigenvalue weighted by Gasteiger charge is -2.18. The molecule has 0 fully saturated rings. The maximum atomic E-state index is 12.6. The Morgan fingerprint density at radius 1 is 1.04 bits per heavy atom. The average molecular weight is 309 g/mol. The molecular weight excluding hydrogens is 294 g/mol. The monoisotopic (exact) mass is 309 g/mol. The van der Waals surface area contributed by atoms with E-state index in [4.69, 9.17) is 4.74 Å². The van der Waals surface area contributed by atoms with Gasteiger partial charge in [0.2, 0.25) is 0 Å². The predicted molar refractivity (Wildman–Crippen MR) is 85.2 cm³/mol. The number of fused-ring (bicyclic) bond motifs is 1. The van der Waals surface area contributed by atoms with Crippen LogP contribution in [0.1, 0.15) is 44.9 Å². The van der Waals surface area contributed by atoms with Gasteiger partial charge in [-0.2, -0.15) is 0 Å². The van der Waals surface area contributed by atoms with Crippen LogP contribution < -0.4 is 9.64 Å². The number of ketones is 1. The number of rotatable bonds is 4. The molecule has 1 heterocycles. The van der Waals surface area contributed by atoms with Gasteiger partial charge in [-0.1, -0.05) is 12.1 Å². The lowest BCUT2D eigenvalue weighted by molar-refractivity contribution is 0.0922. The topological polar surface area (TPSA) is 63.7 Å². The second kappa shape index (κ2) is 5.68. The van der Waals surface area contributed by atoms with Gasteiger partial charge in [0.15, 0.2) is 5.78 Å². The van der Waals surface area contributed by atoms with E-state index in [-0.39, 0.29) is 5.78 Å². The zero-order valence-corrected chi connectivity index (χ0v) is 12.8. The summed E-state index contributed by atoms with van der Waals surface area (Å²) >= 11 is 0. The highest BCUT2D eigenvalue weighted by atomic mass is 16.5. The maximum Gasteiger partial charge on any atom is 0.266 e. The molecule has 5 heteroatoms. The Morgan fingerprint density at radius 3 is 2.17 bits per heavy atom. The van der Waals surface area contributed by atoms with Gasteiger partial charge in [-0.15, -0.1) is 0 Å². The summed E-state index contributed by atoms with van der Waals surface area (Å²) in [5.41, 5.74) is 1.42. The Kier molecular flexibility index (Phi) is 3.70. The lowest BCUT2D eigenvalue weighted by Crippen LogP contribution is -2.30. The number of imide groups is 1. The molecular formula is C18H15NO4. The number of carbonyl (C=O) groups excluding carboxylic acids is 3. The first kappa shape index (κ1) is 15.0. The Hall–Kier alpha value is -2.95.